The number of halogens is 3. The number of carbonyl (C=O) groups excluding carboxylic acids is 1. The average Bonchev–Trinajstić information content (AvgIpc) is 3.32. The molecule has 27 heavy (non-hydrogen) atoms. The van der Waals surface area contributed by atoms with Gasteiger partial charge in [0, 0.05) is 24.0 Å². The molecule has 9 heteroatoms. The molecule has 3 rings (SSSR count). The normalized spacial score (nSPS) is 26.4. The first-order valence-electron chi connectivity index (χ1n) is 8.95. The highest BCUT2D eigenvalue weighted by atomic mass is 19.2. The topological polar surface area (TPSA) is 81.7 Å². The minimum absolute atomic E-state index is 0.0192. The molecule has 1 aromatic carbocycles. The molecule has 0 aliphatic heterocycles. The van der Waals surface area contributed by atoms with E-state index in [2.05, 4.69) is 10.6 Å². The molecule has 0 unspecified atom stereocenters. The number of nitrogens with zero attached hydrogens (tertiary/aromatic N) is 1. The predicted octanol–water partition coefficient (Wildman–Crippen LogP) is 2.20. The molecular weight excluding hydrogens is 363 g/mol. The highest BCUT2D eigenvalue weighted by molar-refractivity contribution is 5.75. The quantitative estimate of drug-likeness (QED) is 0.629. The molecule has 2 saturated carbocycles. The number of carboxylic acid groups (broad SMARTS) is 1. The Morgan fingerprint density at radius 3 is 2.33 bits per heavy atom. The third-order valence-electron chi connectivity index (χ3n) is 5.25. The van der Waals surface area contributed by atoms with Crippen molar-refractivity contribution < 1.29 is 27.9 Å². The van der Waals surface area contributed by atoms with Crippen LogP contribution in [0.15, 0.2) is 12.1 Å². The van der Waals surface area contributed by atoms with E-state index >= 15 is 0 Å². The lowest BCUT2D eigenvalue weighted by Gasteiger charge is -2.42. The Kier molecular flexibility index (Phi) is 5.59. The van der Waals surface area contributed by atoms with Crippen molar-refractivity contribution in [3.8, 4) is 0 Å². The zero-order valence-electron chi connectivity index (χ0n) is 14.8. The van der Waals surface area contributed by atoms with Gasteiger partial charge in [-0.25, -0.2) is 18.0 Å². The second kappa shape index (κ2) is 7.75. The summed E-state index contributed by atoms with van der Waals surface area (Å²) in [7, 11) is 0. The van der Waals surface area contributed by atoms with Crippen LogP contribution < -0.4 is 10.6 Å². The number of amides is 2. The molecule has 0 saturated heterocycles. The molecule has 2 aliphatic carbocycles. The van der Waals surface area contributed by atoms with Gasteiger partial charge in [-0.3, -0.25) is 9.69 Å². The van der Waals surface area contributed by atoms with Gasteiger partial charge in [-0.1, -0.05) is 6.92 Å². The maximum atomic E-state index is 13.3. The monoisotopic (exact) mass is 385 g/mol. The van der Waals surface area contributed by atoms with E-state index in [0.717, 1.165) is 12.1 Å². The van der Waals surface area contributed by atoms with Gasteiger partial charge in [-0.2, -0.15) is 0 Å². The number of nitrogens with one attached hydrogen (secondary N) is 2. The van der Waals surface area contributed by atoms with Crippen LogP contribution in [-0.4, -0.2) is 53.2 Å². The van der Waals surface area contributed by atoms with Crippen LogP contribution in [0.3, 0.4) is 0 Å². The third-order valence-corrected chi connectivity index (χ3v) is 5.25. The highest BCUT2D eigenvalue weighted by Gasteiger charge is 2.41. The molecule has 2 atom stereocenters. The Balaban J connectivity index is 1.42. The van der Waals surface area contributed by atoms with Crippen LogP contribution in [0.4, 0.5) is 18.0 Å². The number of likely N-dealkylation sites (N-methyl/N-ethyl adjacent to an activating group) is 1. The number of hydrogen-bond donors (Lipinski definition) is 3. The largest absolute Gasteiger partial charge is 0.480 e. The standard InChI is InChI=1S/C18H22F3N3O3/c1-2-24(8-16(25)26)11-5-10(6-11)22-18(27)23-15-7-12(15)9-3-13(19)17(21)14(20)4-9/h3-4,10-12,15H,2,5-8H2,1H3,(H,25,26)(H2,22,23,27)/t10?,11?,12-,15+/m0/s1. The summed E-state index contributed by atoms with van der Waals surface area (Å²) in [5.41, 5.74) is 0.327. The summed E-state index contributed by atoms with van der Waals surface area (Å²) in [4.78, 5) is 24.7. The number of benzene rings is 1. The number of aliphatic carboxylic acids is 1. The van der Waals surface area contributed by atoms with Gasteiger partial charge in [0.05, 0.1) is 6.54 Å². The fourth-order valence-electron chi connectivity index (χ4n) is 3.58. The molecule has 0 radical (unpaired) electrons. The maximum Gasteiger partial charge on any atom is 0.317 e. The SMILES string of the molecule is CCN(CC(=O)O)C1CC(NC(=O)N[C@@H]2C[C@H]2c2cc(F)c(F)c(F)c2)C1. The summed E-state index contributed by atoms with van der Waals surface area (Å²) in [6.07, 6.45) is 1.89. The summed E-state index contributed by atoms with van der Waals surface area (Å²) < 4.78 is 39.6. The molecule has 2 amide bonds. The van der Waals surface area contributed by atoms with Gasteiger partial charge in [-0.05, 0) is 43.5 Å². The van der Waals surface area contributed by atoms with Gasteiger partial charge in [0.15, 0.2) is 17.5 Å². The minimum Gasteiger partial charge on any atom is -0.480 e. The lowest BCUT2D eigenvalue weighted by molar-refractivity contribution is -0.139. The second-order valence-corrected chi connectivity index (χ2v) is 7.14. The van der Waals surface area contributed by atoms with Gasteiger partial charge in [0.2, 0.25) is 0 Å². The molecule has 2 fully saturated rings. The first-order valence-corrected chi connectivity index (χ1v) is 8.95. The summed E-state index contributed by atoms with van der Waals surface area (Å²) in [6, 6.07) is 1.41. The molecule has 0 bridgehead atoms. The van der Waals surface area contributed by atoms with Gasteiger partial charge in [-0.15, -0.1) is 0 Å². The molecule has 0 heterocycles. The van der Waals surface area contributed by atoms with Gasteiger partial charge in [0.1, 0.15) is 0 Å². The van der Waals surface area contributed by atoms with E-state index in [1.807, 2.05) is 11.8 Å². The van der Waals surface area contributed by atoms with Crippen molar-refractivity contribution in [2.75, 3.05) is 13.1 Å². The Bertz CT molecular complexity index is 717. The Morgan fingerprint density at radius 2 is 1.78 bits per heavy atom. The van der Waals surface area contributed by atoms with E-state index in [1.54, 1.807) is 0 Å². The van der Waals surface area contributed by atoms with Gasteiger partial charge < -0.3 is 15.7 Å². The number of urea groups is 1. The Morgan fingerprint density at radius 1 is 1.15 bits per heavy atom. The number of carbonyl (C=O) groups is 2. The van der Waals surface area contributed by atoms with E-state index in [4.69, 9.17) is 5.11 Å². The van der Waals surface area contributed by atoms with Crippen molar-refractivity contribution >= 4 is 12.0 Å². The number of rotatable bonds is 7. The van der Waals surface area contributed by atoms with Crippen molar-refractivity contribution in [1.29, 1.82) is 0 Å². The third kappa shape index (κ3) is 4.52. The average molecular weight is 385 g/mol. The van der Waals surface area contributed by atoms with E-state index in [0.29, 0.717) is 31.4 Å². The van der Waals surface area contributed by atoms with E-state index in [-0.39, 0.29) is 36.6 Å². The molecule has 6 nitrogen and oxygen atoms in total. The lowest BCUT2D eigenvalue weighted by Crippen LogP contribution is -2.56. The summed E-state index contributed by atoms with van der Waals surface area (Å²) >= 11 is 0. The van der Waals surface area contributed by atoms with Gasteiger partial charge >= 0.3 is 12.0 Å². The molecular formula is C18H22F3N3O3. The first-order chi connectivity index (χ1) is 12.8. The lowest BCUT2D eigenvalue weighted by atomic mass is 9.85. The molecule has 0 spiro atoms. The maximum absolute atomic E-state index is 13.3. The van der Waals surface area contributed by atoms with Crippen LogP contribution in [0.25, 0.3) is 0 Å². The van der Waals surface area contributed by atoms with Crippen LogP contribution in [-0.2, 0) is 4.79 Å². The summed E-state index contributed by atoms with van der Waals surface area (Å²) in [5, 5.41) is 14.5. The number of carboxylic acids is 1. The highest BCUT2D eigenvalue weighted by Crippen LogP contribution is 2.41. The van der Waals surface area contributed by atoms with E-state index in [1.165, 1.54) is 0 Å². The van der Waals surface area contributed by atoms with Crippen LogP contribution in [0, 0.1) is 17.5 Å². The first kappa shape index (κ1) is 19.5. The van der Waals surface area contributed by atoms with Crippen LogP contribution >= 0.6 is 0 Å². The summed E-state index contributed by atoms with van der Waals surface area (Å²) in [5.74, 6) is -5.07. The van der Waals surface area contributed by atoms with Crippen molar-refractivity contribution in [2.24, 2.45) is 0 Å². The predicted molar refractivity (Wildman–Crippen MR) is 90.8 cm³/mol. The van der Waals surface area contributed by atoms with Crippen LogP contribution in [0.1, 0.15) is 37.7 Å². The van der Waals surface area contributed by atoms with Crippen molar-refractivity contribution in [1.82, 2.24) is 15.5 Å². The minimum atomic E-state index is -1.50. The molecule has 1 aromatic rings. The molecule has 0 aromatic heterocycles. The molecule has 148 valence electrons. The zero-order chi connectivity index (χ0) is 19.7. The zero-order valence-corrected chi connectivity index (χ0v) is 14.8. The second-order valence-electron chi connectivity index (χ2n) is 7.14. The van der Waals surface area contributed by atoms with E-state index in [9.17, 15) is 22.8 Å². The van der Waals surface area contributed by atoms with Gasteiger partial charge in [0.25, 0.3) is 0 Å². The number of hydrogen-bond acceptors (Lipinski definition) is 3. The Labute approximate surface area is 154 Å². The fraction of sp³-hybridized carbons (Fsp3) is 0.556. The van der Waals surface area contributed by atoms with Crippen molar-refractivity contribution in [3.05, 3.63) is 35.1 Å². The molecule has 2 aliphatic rings. The molecule has 3 N–H and O–H groups in total. The fourth-order valence-corrected chi connectivity index (χ4v) is 3.58. The van der Waals surface area contributed by atoms with Crippen molar-refractivity contribution in [3.63, 3.8) is 0 Å². The Hall–Kier alpha value is -2.29. The van der Waals surface area contributed by atoms with E-state index < -0.39 is 23.4 Å². The van der Waals surface area contributed by atoms with Crippen LogP contribution in [0.5, 0.6) is 0 Å². The summed E-state index contributed by atoms with van der Waals surface area (Å²) in [6.45, 7) is 2.50. The van der Waals surface area contributed by atoms with Crippen molar-refractivity contribution in [2.45, 2.75) is 50.2 Å². The van der Waals surface area contributed by atoms with Crippen LogP contribution in [0.2, 0.25) is 0 Å². The smallest absolute Gasteiger partial charge is 0.317 e.